The average Bonchev–Trinajstić information content (AvgIpc) is 3.22. The number of para-hydroxylation sites is 1. The second-order valence-corrected chi connectivity index (χ2v) is 5.35. The van der Waals surface area contributed by atoms with Crippen LogP contribution in [-0.4, -0.2) is 45.2 Å². The number of aromatic nitrogens is 4. The molecule has 0 spiro atoms. The number of hydrogen-bond donors (Lipinski definition) is 0. The van der Waals surface area contributed by atoms with E-state index in [9.17, 15) is 9.59 Å². The van der Waals surface area contributed by atoms with Crippen LogP contribution >= 0.6 is 0 Å². The van der Waals surface area contributed by atoms with E-state index in [1.165, 1.54) is 11.0 Å². The summed E-state index contributed by atoms with van der Waals surface area (Å²) >= 11 is 0. The molecule has 1 amide bonds. The molecule has 0 N–H and O–H groups in total. The maximum atomic E-state index is 12.3. The maximum Gasteiger partial charge on any atom is 0.338 e. The number of nitrogens with zero attached hydrogens (tertiary/aromatic N) is 5. The van der Waals surface area contributed by atoms with Crippen LogP contribution in [0.5, 0.6) is 0 Å². The Kier molecular flexibility index (Phi) is 5.33. The third-order valence-electron chi connectivity index (χ3n) is 3.73. The lowest BCUT2D eigenvalue weighted by molar-refractivity contribution is -0.121. The molecule has 0 saturated heterocycles. The standard InChI is InChI=1S/C18H17N5O3/c1-2-22(15-6-4-3-5-7-15)17(24)12-26-18(25)14-8-10-16(11-9-14)23-13-19-20-21-23/h3-11,13H,2,12H2,1H3. The predicted octanol–water partition coefficient (Wildman–Crippen LogP) is 1.87. The van der Waals surface area contributed by atoms with Gasteiger partial charge in [-0.3, -0.25) is 4.79 Å². The summed E-state index contributed by atoms with van der Waals surface area (Å²) in [6.45, 7) is 2.03. The molecule has 0 saturated carbocycles. The Bertz CT molecular complexity index is 864. The van der Waals surface area contributed by atoms with Gasteiger partial charge in [-0.1, -0.05) is 18.2 Å². The van der Waals surface area contributed by atoms with E-state index < -0.39 is 5.97 Å². The van der Waals surface area contributed by atoms with E-state index in [1.54, 1.807) is 29.2 Å². The summed E-state index contributed by atoms with van der Waals surface area (Å²) < 4.78 is 6.62. The van der Waals surface area contributed by atoms with Crippen molar-refractivity contribution in [3.05, 3.63) is 66.5 Å². The summed E-state index contributed by atoms with van der Waals surface area (Å²) in [6.07, 6.45) is 1.45. The SMILES string of the molecule is CCN(C(=O)COC(=O)c1ccc(-n2cnnn2)cc1)c1ccccc1. The third kappa shape index (κ3) is 3.92. The highest BCUT2D eigenvalue weighted by atomic mass is 16.5. The van der Waals surface area contributed by atoms with Crippen LogP contribution in [0.15, 0.2) is 60.9 Å². The number of benzene rings is 2. The highest BCUT2D eigenvalue weighted by Crippen LogP contribution is 2.14. The van der Waals surface area contributed by atoms with Crippen molar-refractivity contribution in [1.82, 2.24) is 20.2 Å². The zero-order valence-electron chi connectivity index (χ0n) is 14.1. The van der Waals surface area contributed by atoms with Crippen LogP contribution in [0.4, 0.5) is 5.69 Å². The number of esters is 1. The van der Waals surface area contributed by atoms with E-state index in [0.717, 1.165) is 5.69 Å². The van der Waals surface area contributed by atoms with Gasteiger partial charge in [0.15, 0.2) is 6.61 Å². The van der Waals surface area contributed by atoms with Crippen LogP contribution in [0.3, 0.4) is 0 Å². The van der Waals surface area contributed by atoms with Gasteiger partial charge in [-0.25, -0.2) is 9.48 Å². The molecular formula is C18H17N5O3. The lowest BCUT2D eigenvalue weighted by atomic mass is 10.2. The van der Waals surface area contributed by atoms with Crippen molar-refractivity contribution in [3.63, 3.8) is 0 Å². The minimum absolute atomic E-state index is 0.280. The lowest BCUT2D eigenvalue weighted by Gasteiger charge is -2.20. The molecule has 3 rings (SSSR count). The van der Waals surface area contributed by atoms with Crippen LogP contribution < -0.4 is 4.90 Å². The molecule has 1 heterocycles. The number of rotatable bonds is 6. The van der Waals surface area contributed by atoms with Gasteiger partial charge in [-0.15, -0.1) is 5.10 Å². The van der Waals surface area contributed by atoms with Crippen LogP contribution in [-0.2, 0) is 9.53 Å². The molecule has 0 aliphatic rings. The first-order valence-corrected chi connectivity index (χ1v) is 8.05. The smallest absolute Gasteiger partial charge is 0.338 e. The second kappa shape index (κ2) is 8.02. The van der Waals surface area contributed by atoms with Gasteiger partial charge in [0.2, 0.25) is 0 Å². The number of carbonyl (C=O) groups excluding carboxylic acids is 2. The number of ether oxygens (including phenoxy) is 1. The molecule has 0 radical (unpaired) electrons. The summed E-state index contributed by atoms with van der Waals surface area (Å²) in [7, 11) is 0. The van der Waals surface area contributed by atoms with E-state index in [2.05, 4.69) is 15.5 Å². The average molecular weight is 351 g/mol. The van der Waals surface area contributed by atoms with Gasteiger partial charge < -0.3 is 9.64 Å². The Morgan fingerprint density at radius 3 is 2.42 bits per heavy atom. The van der Waals surface area contributed by atoms with Crippen LogP contribution in [0, 0.1) is 0 Å². The molecule has 0 bridgehead atoms. The van der Waals surface area contributed by atoms with Gasteiger partial charge in [-0.2, -0.15) is 0 Å². The molecule has 8 nitrogen and oxygen atoms in total. The first-order valence-electron chi connectivity index (χ1n) is 8.05. The van der Waals surface area contributed by atoms with Crippen molar-refractivity contribution in [2.45, 2.75) is 6.92 Å². The summed E-state index contributed by atoms with van der Waals surface area (Å²) in [6, 6.07) is 15.8. The predicted molar refractivity (Wildman–Crippen MR) is 93.9 cm³/mol. The largest absolute Gasteiger partial charge is 0.452 e. The van der Waals surface area contributed by atoms with Crippen molar-refractivity contribution >= 4 is 17.6 Å². The topological polar surface area (TPSA) is 90.2 Å². The summed E-state index contributed by atoms with van der Waals surface area (Å²) in [5.74, 6) is -0.844. The zero-order chi connectivity index (χ0) is 18.4. The van der Waals surface area contributed by atoms with Gasteiger partial charge in [0, 0.05) is 12.2 Å². The summed E-state index contributed by atoms with van der Waals surface area (Å²) in [5.41, 5.74) is 1.82. The van der Waals surface area contributed by atoms with Crippen LogP contribution in [0.1, 0.15) is 17.3 Å². The van der Waals surface area contributed by atoms with Gasteiger partial charge in [0.1, 0.15) is 6.33 Å². The van der Waals surface area contributed by atoms with Gasteiger partial charge in [-0.05, 0) is 53.7 Å². The fraction of sp³-hybridized carbons (Fsp3) is 0.167. The molecule has 0 aliphatic carbocycles. The Hall–Kier alpha value is -3.55. The molecule has 0 unspecified atom stereocenters. The fourth-order valence-corrected chi connectivity index (χ4v) is 2.43. The minimum Gasteiger partial charge on any atom is -0.452 e. The van der Waals surface area contributed by atoms with Gasteiger partial charge in [0.25, 0.3) is 5.91 Å². The van der Waals surface area contributed by atoms with Crippen molar-refractivity contribution in [2.75, 3.05) is 18.1 Å². The van der Waals surface area contributed by atoms with Crippen molar-refractivity contribution in [1.29, 1.82) is 0 Å². The third-order valence-corrected chi connectivity index (χ3v) is 3.73. The van der Waals surface area contributed by atoms with E-state index in [-0.39, 0.29) is 12.5 Å². The number of amides is 1. The first-order chi connectivity index (χ1) is 12.7. The molecule has 3 aromatic rings. The van der Waals surface area contributed by atoms with E-state index in [0.29, 0.717) is 17.8 Å². The van der Waals surface area contributed by atoms with E-state index in [4.69, 9.17) is 4.74 Å². The molecule has 0 atom stereocenters. The van der Waals surface area contributed by atoms with E-state index in [1.807, 2.05) is 37.3 Å². The Morgan fingerprint density at radius 2 is 1.81 bits per heavy atom. The minimum atomic E-state index is -0.564. The first kappa shape index (κ1) is 17.3. The number of hydrogen-bond acceptors (Lipinski definition) is 6. The number of anilines is 1. The molecule has 26 heavy (non-hydrogen) atoms. The Labute approximate surface area is 150 Å². The zero-order valence-corrected chi connectivity index (χ0v) is 14.1. The highest BCUT2D eigenvalue weighted by molar-refractivity contribution is 5.97. The van der Waals surface area contributed by atoms with Crippen LogP contribution in [0.25, 0.3) is 5.69 Å². The Balaban J connectivity index is 1.60. The number of tetrazole rings is 1. The Morgan fingerprint density at radius 1 is 1.08 bits per heavy atom. The van der Waals surface area contributed by atoms with E-state index >= 15 is 0 Å². The van der Waals surface area contributed by atoms with Gasteiger partial charge in [0.05, 0.1) is 11.3 Å². The maximum absolute atomic E-state index is 12.3. The molecular weight excluding hydrogens is 334 g/mol. The summed E-state index contributed by atoms with van der Waals surface area (Å²) in [4.78, 5) is 26.1. The van der Waals surface area contributed by atoms with Gasteiger partial charge >= 0.3 is 5.97 Å². The molecule has 0 aliphatic heterocycles. The fourth-order valence-electron chi connectivity index (χ4n) is 2.43. The highest BCUT2D eigenvalue weighted by Gasteiger charge is 2.16. The molecule has 0 fully saturated rings. The molecule has 132 valence electrons. The van der Waals surface area contributed by atoms with Crippen LogP contribution in [0.2, 0.25) is 0 Å². The monoisotopic (exact) mass is 351 g/mol. The molecule has 1 aromatic heterocycles. The summed E-state index contributed by atoms with van der Waals surface area (Å²) in [5, 5.41) is 10.9. The normalized spacial score (nSPS) is 10.3. The van der Waals surface area contributed by atoms with Crippen molar-refractivity contribution in [2.24, 2.45) is 0 Å². The number of carbonyl (C=O) groups is 2. The second-order valence-electron chi connectivity index (χ2n) is 5.35. The molecule has 8 heteroatoms. The molecule has 2 aromatic carbocycles. The quantitative estimate of drug-likeness (QED) is 0.630. The van der Waals surface area contributed by atoms with Crippen molar-refractivity contribution in [3.8, 4) is 5.69 Å². The number of likely N-dealkylation sites (N-methyl/N-ethyl adjacent to an activating group) is 1. The van der Waals surface area contributed by atoms with Crippen molar-refractivity contribution < 1.29 is 14.3 Å². The lowest BCUT2D eigenvalue weighted by Crippen LogP contribution is -2.34.